The second kappa shape index (κ2) is 22.4. The Bertz CT molecular complexity index is 171. The van der Waals surface area contributed by atoms with E-state index in [0.29, 0.717) is 24.3 Å². The van der Waals surface area contributed by atoms with Gasteiger partial charge in [-0.25, -0.2) is 0 Å². The quantitative estimate of drug-likeness (QED) is 0.403. The molecule has 1 rings (SSSR count). The first kappa shape index (κ1) is 28.2. The molecule has 0 bridgehead atoms. The van der Waals surface area contributed by atoms with Crippen LogP contribution in [0.25, 0.3) is 0 Å². The van der Waals surface area contributed by atoms with Gasteiger partial charge >= 0.3 is 0 Å². The molecule has 4 atom stereocenters. The number of ether oxygens (including phenoxy) is 1. The molecule has 144 valence electrons. The molecule has 0 aromatic carbocycles. The summed E-state index contributed by atoms with van der Waals surface area (Å²) in [6, 6.07) is 0. The average Bonchev–Trinajstić information content (AvgIpc) is 3.45. The van der Waals surface area contributed by atoms with Crippen LogP contribution in [-0.2, 0) is 4.74 Å². The topological polar surface area (TPSA) is 93.5 Å². The van der Waals surface area contributed by atoms with Crippen molar-refractivity contribution in [1.29, 1.82) is 0 Å². The molecule has 1 saturated heterocycles. The van der Waals surface area contributed by atoms with Gasteiger partial charge in [0.05, 0.1) is 31.5 Å². The molecule has 5 nitrogen and oxygen atoms in total. The lowest BCUT2D eigenvalue weighted by Crippen LogP contribution is -2.08. The molecule has 0 aromatic heterocycles. The molecule has 4 unspecified atom stereocenters. The van der Waals surface area contributed by atoms with Gasteiger partial charge in [0.15, 0.2) is 0 Å². The van der Waals surface area contributed by atoms with Crippen LogP contribution < -0.4 is 0 Å². The number of halogens is 2. The van der Waals surface area contributed by atoms with Gasteiger partial charge in [-0.3, -0.25) is 0 Å². The number of hydrogen-bond donors (Lipinski definition) is 4. The monoisotopic (exact) mass is 378 g/mol. The van der Waals surface area contributed by atoms with Gasteiger partial charge in [0, 0.05) is 18.4 Å². The van der Waals surface area contributed by atoms with Crippen LogP contribution >= 0.6 is 23.2 Å². The second-order valence-corrected chi connectivity index (χ2v) is 5.88. The largest absolute Gasteiger partial charge is 0.396 e. The molecule has 0 spiro atoms. The molecular weight excluding hydrogens is 343 g/mol. The predicted molar refractivity (Wildman–Crippen MR) is 97.4 cm³/mol. The summed E-state index contributed by atoms with van der Waals surface area (Å²) < 4.78 is 4.86. The fourth-order valence-electron chi connectivity index (χ4n) is 0.591. The molecule has 23 heavy (non-hydrogen) atoms. The molecule has 1 aliphatic heterocycles. The first-order valence-corrected chi connectivity index (χ1v) is 9.24. The second-order valence-electron chi connectivity index (χ2n) is 5.27. The maximum Gasteiger partial charge on any atom is 0.0807 e. The Hall–Kier alpha value is 0.380. The van der Waals surface area contributed by atoms with Crippen molar-refractivity contribution in [1.82, 2.24) is 0 Å². The van der Waals surface area contributed by atoms with E-state index >= 15 is 0 Å². The van der Waals surface area contributed by atoms with Crippen molar-refractivity contribution in [3.63, 3.8) is 0 Å². The summed E-state index contributed by atoms with van der Waals surface area (Å²) in [5, 5.41) is 33.3. The average molecular weight is 379 g/mol. The molecular formula is C16H36Cl2O5. The van der Waals surface area contributed by atoms with E-state index in [2.05, 4.69) is 6.92 Å². The van der Waals surface area contributed by atoms with Crippen molar-refractivity contribution in [2.45, 2.75) is 65.3 Å². The third-order valence-corrected chi connectivity index (χ3v) is 3.65. The minimum absolute atomic E-state index is 0.115. The summed E-state index contributed by atoms with van der Waals surface area (Å²) in [6.45, 7) is 8.84. The summed E-state index contributed by atoms with van der Waals surface area (Å²) in [6.07, 6.45) is 2.41. The molecule has 0 aromatic rings. The predicted octanol–water partition coefficient (Wildman–Crippen LogP) is 2.39. The summed E-state index contributed by atoms with van der Waals surface area (Å²) >= 11 is 10.5. The van der Waals surface area contributed by atoms with Gasteiger partial charge in [0.2, 0.25) is 0 Å². The third kappa shape index (κ3) is 30.8. The van der Waals surface area contributed by atoms with Gasteiger partial charge < -0.3 is 25.2 Å². The van der Waals surface area contributed by atoms with Crippen LogP contribution in [0.3, 0.4) is 0 Å². The summed E-state index contributed by atoms with van der Waals surface area (Å²) in [5.74, 6) is 1.17. The smallest absolute Gasteiger partial charge is 0.0807 e. The number of aliphatic hydroxyl groups is 4. The molecule has 1 aliphatic rings. The number of epoxide rings is 1. The highest BCUT2D eigenvalue weighted by molar-refractivity contribution is 6.18. The van der Waals surface area contributed by atoms with Gasteiger partial charge in [0.25, 0.3) is 0 Å². The van der Waals surface area contributed by atoms with E-state index in [1.807, 2.05) is 20.8 Å². The number of hydrogen-bond acceptors (Lipinski definition) is 5. The van der Waals surface area contributed by atoms with Crippen molar-refractivity contribution in [3.05, 3.63) is 0 Å². The van der Waals surface area contributed by atoms with E-state index in [0.717, 1.165) is 13.0 Å². The van der Waals surface area contributed by atoms with Crippen molar-refractivity contribution < 1.29 is 25.2 Å². The van der Waals surface area contributed by atoms with Crippen LogP contribution in [0.2, 0.25) is 0 Å². The Morgan fingerprint density at radius 1 is 0.957 bits per heavy atom. The van der Waals surface area contributed by atoms with Gasteiger partial charge in [-0.15, -0.1) is 23.2 Å². The van der Waals surface area contributed by atoms with Crippen molar-refractivity contribution in [2.24, 2.45) is 5.92 Å². The van der Waals surface area contributed by atoms with Crippen LogP contribution in [0.5, 0.6) is 0 Å². The SMILES string of the molecule is CC(CO)CCl.CCC(O)CCl.CCC(O)CO.CCC1CO1. The molecule has 7 heteroatoms. The highest BCUT2D eigenvalue weighted by Crippen LogP contribution is 2.10. The summed E-state index contributed by atoms with van der Waals surface area (Å²) in [7, 11) is 0. The lowest BCUT2D eigenvalue weighted by atomic mass is 10.2. The van der Waals surface area contributed by atoms with Gasteiger partial charge in [-0.1, -0.05) is 27.7 Å². The zero-order valence-corrected chi connectivity index (χ0v) is 16.4. The first-order chi connectivity index (χ1) is 10.9. The zero-order chi connectivity index (χ0) is 18.7. The lowest BCUT2D eigenvalue weighted by Gasteiger charge is -1.97. The van der Waals surface area contributed by atoms with Gasteiger partial charge in [-0.2, -0.15) is 0 Å². The standard InChI is InChI=1S/2C4H9ClO.C4H10O2.C4H8O/c1-4(2-5)3-6;2*1-2-4(6)3-5;1-2-4-3-5-4/h2*4,6H,2-3H2,1H3;4-6H,2-3H2,1H3;4H,2-3H2,1H3. The van der Waals surface area contributed by atoms with Crippen molar-refractivity contribution >= 4 is 23.2 Å². The summed E-state index contributed by atoms with van der Waals surface area (Å²) in [4.78, 5) is 0. The van der Waals surface area contributed by atoms with E-state index in [1.165, 1.54) is 6.42 Å². The first-order valence-electron chi connectivity index (χ1n) is 8.17. The van der Waals surface area contributed by atoms with Crippen LogP contribution in [0, 0.1) is 5.92 Å². The van der Waals surface area contributed by atoms with Gasteiger partial charge in [0.1, 0.15) is 0 Å². The zero-order valence-electron chi connectivity index (χ0n) is 14.9. The molecule has 0 aliphatic carbocycles. The van der Waals surface area contributed by atoms with Crippen LogP contribution in [-0.4, -0.2) is 70.3 Å². The molecule has 1 heterocycles. The Morgan fingerprint density at radius 2 is 1.43 bits per heavy atom. The third-order valence-electron chi connectivity index (χ3n) is 2.76. The Morgan fingerprint density at radius 3 is 1.43 bits per heavy atom. The number of aliphatic hydroxyl groups excluding tert-OH is 4. The fraction of sp³-hybridized carbons (Fsp3) is 1.00. The highest BCUT2D eigenvalue weighted by atomic mass is 35.5. The van der Waals surface area contributed by atoms with Crippen LogP contribution in [0.4, 0.5) is 0 Å². The molecule has 0 amide bonds. The maximum atomic E-state index is 8.53. The fourth-order valence-corrected chi connectivity index (χ4v) is 0.907. The van der Waals surface area contributed by atoms with E-state index in [9.17, 15) is 0 Å². The van der Waals surface area contributed by atoms with Crippen molar-refractivity contribution in [3.8, 4) is 0 Å². The Kier molecular flexibility index (Phi) is 27.4. The minimum atomic E-state index is -0.509. The molecule has 4 N–H and O–H groups in total. The molecule has 0 radical (unpaired) electrons. The van der Waals surface area contributed by atoms with E-state index in [4.69, 9.17) is 48.4 Å². The highest BCUT2D eigenvalue weighted by Gasteiger charge is 2.18. The van der Waals surface area contributed by atoms with E-state index in [-0.39, 0.29) is 25.2 Å². The summed E-state index contributed by atoms with van der Waals surface area (Å²) in [5.41, 5.74) is 0. The van der Waals surface area contributed by atoms with Crippen LogP contribution in [0.15, 0.2) is 0 Å². The number of alkyl halides is 2. The van der Waals surface area contributed by atoms with Crippen molar-refractivity contribution in [2.75, 3.05) is 31.6 Å². The minimum Gasteiger partial charge on any atom is -0.396 e. The molecule has 1 fully saturated rings. The Balaban J connectivity index is -0.000000232. The Labute approximate surface area is 151 Å². The van der Waals surface area contributed by atoms with Crippen LogP contribution in [0.1, 0.15) is 47.0 Å². The van der Waals surface area contributed by atoms with E-state index in [1.54, 1.807) is 0 Å². The van der Waals surface area contributed by atoms with Gasteiger partial charge in [-0.05, 0) is 25.2 Å². The normalized spacial score (nSPS) is 18.8. The molecule has 0 saturated carbocycles. The van der Waals surface area contributed by atoms with E-state index < -0.39 is 6.10 Å². The maximum absolute atomic E-state index is 8.53. The lowest BCUT2D eigenvalue weighted by molar-refractivity contribution is 0.0923. The number of rotatable bonds is 7.